The van der Waals surface area contributed by atoms with Gasteiger partial charge in [-0.15, -0.1) is 0 Å². The molecule has 50 heavy (non-hydrogen) atoms. The van der Waals surface area contributed by atoms with Gasteiger partial charge in [-0.2, -0.15) is 0 Å². The van der Waals surface area contributed by atoms with Crippen LogP contribution in [0.15, 0.2) is 36.4 Å². The molecule has 0 heterocycles. The number of aromatic hydroxyl groups is 3. The number of benzene rings is 3. The molecule has 0 aliphatic heterocycles. The Hall–Kier alpha value is -3.47. The second-order valence-corrected chi connectivity index (χ2v) is 19.9. The molecule has 0 bridgehead atoms. The standard InChI is InChI=1S/C45H66O5/c1-40(2,3)30-21-27(22-31(36(30)46)41(4,5)6)20-28-23-32(42(7,8)9)37(47)34(24-28)44(13,14)18-19-45(15,16)35-26-29(39(49)50-17)25-33(38(35)48)43(10,11)12/h21-26,46-48H,18-20H2,1-17H3. The third-order valence-electron chi connectivity index (χ3n) is 10.3. The Morgan fingerprint density at radius 3 is 1.06 bits per heavy atom. The van der Waals surface area contributed by atoms with Gasteiger partial charge in [0.1, 0.15) is 17.2 Å². The monoisotopic (exact) mass is 686 g/mol. The highest BCUT2D eigenvalue weighted by Gasteiger charge is 2.35. The highest BCUT2D eigenvalue weighted by Crippen LogP contribution is 2.47. The topological polar surface area (TPSA) is 87.0 Å². The first-order valence-corrected chi connectivity index (χ1v) is 18.1. The molecule has 0 saturated heterocycles. The number of carbonyl (C=O) groups excluding carboxylic acids is 1. The van der Waals surface area contributed by atoms with Crippen LogP contribution in [-0.4, -0.2) is 28.4 Å². The Labute approximate surface area is 303 Å². The maximum absolute atomic E-state index is 12.7. The van der Waals surface area contributed by atoms with E-state index < -0.39 is 16.8 Å². The summed E-state index contributed by atoms with van der Waals surface area (Å²) in [5, 5.41) is 34.8. The van der Waals surface area contributed by atoms with Gasteiger partial charge >= 0.3 is 5.97 Å². The summed E-state index contributed by atoms with van der Waals surface area (Å²) in [6.45, 7) is 33.8. The molecule has 0 unspecified atom stereocenters. The fourth-order valence-electron chi connectivity index (χ4n) is 6.91. The lowest BCUT2D eigenvalue weighted by Crippen LogP contribution is -2.27. The molecule has 0 spiro atoms. The minimum absolute atomic E-state index is 0.214. The highest BCUT2D eigenvalue weighted by molar-refractivity contribution is 5.90. The van der Waals surface area contributed by atoms with Crippen molar-refractivity contribution in [1.29, 1.82) is 0 Å². The smallest absolute Gasteiger partial charge is 0.337 e. The SMILES string of the molecule is COC(=O)c1cc(C(C)(C)C)c(O)c(C(C)(C)CCC(C)(C)c2cc(Cc3cc(C(C)(C)C)c(O)c(C(C)(C)C)c3)cc(C(C)(C)C)c2O)c1. The molecule has 0 aromatic heterocycles. The molecule has 3 aromatic rings. The van der Waals surface area contributed by atoms with Gasteiger partial charge in [0.2, 0.25) is 0 Å². The van der Waals surface area contributed by atoms with E-state index in [1.54, 1.807) is 12.1 Å². The van der Waals surface area contributed by atoms with Crippen LogP contribution in [0.4, 0.5) is 0 Å². The summed E-state index contributed by atoms with van der Waals surface area (Å²) >= 11 is 0. The van der Waals surface area contributed by atoms with E-state index in [9.17, 15) is 20.1 Å². The van der Waals surface area contributed by atoms with Gasteiger partial charge in [0.15, 0.2) is 0 Å². The Kier molecular flexibility index (Phi) is 11.1. The van der Waals surface area contributed by atoms with E-state index in [-0.39, 0.29) is 27.4 Å². The van der Waals surface area contributed by atoms with Crippen molar-refractivity contribution in [2.75, 3.05) is 7.11 Å². The second-order valence-electron chi connectivity index (χ2n) is 19.9. The second kappa shape index (κ2) is 13.6. The fraction of sp³-hybridized carbons (Fsp3) is 0.578. The van der Waals surface area contributed by atoms with E-state index in [2.05, 4.69) is 114 Å². The van der Waals surface area contributed by atoms with E-state index in [0.717, 1.165) is 39.8 Å². The molecule has 0 fully saturated rings. The molecule has 5 heteroatoms. The predicted molar refractivity (Wildman–Crippen MR) is 209 cm³/mol. The number of esters is 1. The Morgan fingerprint density at radius 1 is 0.480 bits per heavy atom. The third kappa shape index (κ3) is 8.87. The molecule has 0 radical (unpaired) electrons. The Morgan fingerprint density at radius 2 is 0.740 bits per heavy atom. The lowest BCUT2D eigenvalue weighted by Gasteiger charge is -2.35. The van der Waals surface area contributed by atoms with Crippen LogP contribution < -0.4 is 0 Å². The average Bonchev–Trinajstić information content (AvgIpc) is 2.95. The van der Waals surface area contributed by atoms with Gasteiger partial charge in [-0.1, -0.05) is 135 Å². The van der Waals surface area contributed by atoms with Gasteiger partial charge in [-0.3, -0.25) is 0 Å². The molecule has 5 nitrogen and oxygen atoms in total. The summed E-state index contributed by atoms with van der Waals surface area (Å²) in [5.41, 5.74) is 5.69. The number of methoxy groups -OCH3 is 1. The Balaban J connectivity index is 2.14. The van der Waals surface area contributed by atoms with E-state index in [1.807, 2.05) is 20.8 Å². The first kappa shape index (κ1) is 41.0. The van der Waals surface area contributed by atoms with Crippen LogP contribution in [0.2, 0.25) is 0 Å². The molecule has 3 rings (SSSR count). The highest BCUT2D eigenvalue weighted by atomic mass is 16.5. The number of hydrogen-bond donors (Lipinski definition) is 3. The largest absolute Gasteiger partial charge is 0.507 e. The zero-order valence-corrected chi connectivity index (χ0v) is 34.2. The van der Waals surface area contributed by atoms with Crippen molar-refractivity contribution in [2.45, 2.75) is 163 Å². The molecule has 0 atom stereocenters. The summed E-state index contributed by atoms with van der Waals surface area (Å²) in [6.07, 6.45) is 2.07. The van der Waals surface area contributed by atoms with E-state index in [4.69, 9.17) is 4.74 Å². The van der Waals surface area contributed by atoms with Crippen LogP contribution in [0.1, 0.15) is 178 Å². The number of hydrogen-bond acceptors (Lipinski definition) is 5. The van der Waals surface area contributed by atoms with Gasteiger partial charge in [-0.25, -0.2) is 4.79 Å². The summed E-state index contributed by atoms with van der Waals surface area (Å²) in [7, 11) is 1.38. The molecule has 0 amide bonds. The first-order chi connectivity index (χ1) is 22.4. The van der Waals surface area contributed by atoms with Gasteiger partial charge in [-0.05, 0) is 91.7 Å². The lowest BCUT2D eigenvalue weighted by molar-refractivity contribution is 0.0600. The zero-order chi connectivity index (χ0) is 38.6. The molecule has 0 aliphatic rings. The van der Waals surface area contributed by atoms with Crippen molar-refractivity contribution in [3.8, 4) is 17.2 Å². The summed E-state index contributed by atoms with van der Waals surface area (Å²) in [4.78, 5) is 12.7. The normalized spacial score (nSPS) is 13.5. The molecule has 3 N–H and O–H groups in total. The van der Waals surface area contributed by atoms with Crippen LogP contribution >= 0.6 is 0 Å². The quantitative estimate of drug-likeness (QED) is 0.205. The van der Waals surface area contributed by atoms with Crippen LogP contribution in [0.5, 0.6) is 17.2 Å². The van der Waals surface area contributed by atoms with Crippen molar-refractivity contribution < 1.29 is 24.9 Å². The number of phenols is 3. The van der Waals surface area contributed by atoms with Crippen LogP contribution in [0.3, 0.4) is 0 Å². The van der Waals surface area contributed by atoms with Gasteiger partial charge in [0.25, 0.3) is 0 Å². The molecule has 0 saturated carbocycles. The summed E-state index contributed by atoms with van der Waals surface area (Å²) in [6, 6.07) is 12.1. The third-order valence-corrected chi connectivity index (χ3v) is 10.3. The number of carbonyl (C=O) groups is 1. The minimum atomic E-state index is -0.496. The molecule has 276 valence electrons. The van der Waals surface area contributed by atoms with E-state index in [1.165, 1.54) is 7.11 Å². The van der Waals surface area contributed by atoms with Crippen molar-refractivity contribution in [3.05, 3.63) is 86.5 Å². The molecular weight excluding hydrogens is 620 g/mol. The van der Waals surface area contributed by atoms with E-state index >= 15 is 0 Å². The average molecular weight is 687 g/mol. The lowest BCUT2D eigenvalue weighted by atomic mass is 9.69. The van der Waals surface area contributed by atoms with Crippen molar-refractivity contribution in [1.82, 2.24) is 0 Å². The minimum Gasteiger partial charge on any atom is -0.507 e. The maximum atomic E-state index is 12.7. The zero-order valence-electron chi connectivity index (χ0n) is 34.2. The Bertz CT molecular complexity index is 1690. The first-order valence-electron chi connectivity index (χ1n) is 18.1. The molecule has 0 aliphatic carbocycles. The molecular formula is C45H66O5. The van der Waals surface area contributed by atoms with Crippen LogP contribution in [-0.2, 0) is 43.6 Å². The summed E-state index contributed by atoms with van der Waals surface area (Å²) in [5.74, 6) is 0.483. The predicted octanol–water partition coefficient (Wildman–Crippen LogP) is 11.4. The van der Waals surface area contributed by atoms with Crippen LogP contribution in [0.25, 0.3) is 0 Å². The summed E-state index contributed by atoms with van der Waals surface area (Å²) < 4.78 is 5.08. The van der Waals surface area contributed by atoms with Gasteiger partial charge in [0.05, 0.1) is 12.7 Å². The van der Waals surface area contributed by atoms with E-state index in [0.29, 0.717) is 41.0 Å². The van der Waals surface area contributed by atoms with Crippen molar-refractivity contribution >= 4 is 5.97 Å². The maximum Gasteiger partial charge on any atom is 0.337 e. The van der Waals surface area contributed by atoms with Crippen molar-refractivity contribution in [2.24, 2.45) is 0 Å². The van der Waals surface area contributed by atoms with Crippen molar-refractivity contribution in [3.63, 3.8) is 0 Å². The molecule has 3 aromatic carbocycles. The fourth-order valence-corrected chi connectivity index (χ4v) is 6.91. The number of ether oxygens (including phenoxy) is 1. The van der Waals surface area contributed by atoms with Crippen LogP contribution in [0, 0.1) is 0 Å². The number of phenolic OH excluding ortho intramolecular Hbond substituents is 3. The van der Waals surface area contributed by atoms with Gasteiger partial charge < -0.3 is 20.1 Å². The van der Waals surface area contributed by atoms with Gasteiger partial charge in [0, 0.05) is 16.7 Å². The number of rotatable bonds is 8.